The van der Waals surface area contributed by atoms with E-state index in [-0.39, 0.29) is 23.3 Å². The third kappa shape index (κ3) is 2.65. The molecule has 0 bridgehead atoms. The number of Topliss-reactive ketones (excluding diaryl/α,β-unsaturated/α-hetero) is 1. The van der Waals surface area contributed by atoms with E-state index >= 15 is 0 Å². The minimum atomic E-state index is -1.19. The molecule has 2 heterocycles. The molecule has 2 aliphatic rings. The number of aromatic nitrogens is 1. The van der Waals surface area contributed by atoms with Crippen molar-refractivity contribution in [2.75, 3.05) is 0 Å². The highest BCUT2D eigenvalue weighted by atomic mass is 16.4. The molecule has 26 heavy (non-hydrogen) atoms. The number of pyridine rings is 2. The first-order chi connectivity index (χ1) is 12.4. The molecule has 0 aliphatic heterocycles. The van der Waals surface area contributed by atoms with Gasteiger partial charge in [-0.3, -0.25) is 14.0 Å². The van der Waals surface area contributed by atoms with Crippen molar-refractivity contribution in [2.45, 2.75) is 56.9 Å². The molecule has 2 atom stereocenters. The van der Waals surface area contributed by atoms with E-state index in [4.69, 9.17) is 5.73 Å². The lowest BCUT2D eigenvalue weighted by molar-refractivity contribution is -0.122. The van der Waals surface area contributed by atoms with Gasteiger partial charge in [0.1, 0.15) is 11.3 Å². The molecule has 3 N–H and O–H groups in total. The molecule has 6 nitrogen and oxygen atoms in total. The number of fused-ring (bicyclic) bond motifs is 1. The summed E-state index contributed by atoms with van der Waals surface area (Å²) in [6, 6.07) is 3.05. The smallest absolute Gasteiger partial charge is 0.341 e. The molecule has 2 aromatic rings. The topological polar surface area (TPSA) is 102 Å². The number of nitrogens with zero attached hydrogens (tertiary/aromatic N) is 1. The highest BCUT2D eigenvalue weighted by Gasteiger charge is 2.31. The second-order valence-corrected chi connectivity index (χ2v) is 7.56. The monoisotopic (exact) mass is 354 g/mol. The molecule has 0 amide bonds. The molecule has 6 heteroatoms. The number of carboxylic acid groups (broad SMARTS) is 1. The van der Waals surface area contributed by atoms with Crippen molar-refractivity contribution in [3.8, 4) is 0 Å². The number of ketones is 1. The second kappa shape index (κ2) is 6.06. The molecule has 2 unspecified atom stereocenters. The Labute approximate surface area is 150 Å². The quantitative estimate of drug-likeness (QED) is 0.881. The number of hydrogen-bond acceptors (Lipinski definition) is 4. The van der Waals surface area contributed by atoms with E-state index < -0.39 is 11.5 Å². The first-order valence-corrected chi connectivity index (χ1v) is 9.08. The number of rotatable bonds is 3. The van der Waals surface area contributed by atoms with Crippen LogP contribution < -0.4 is 11.3 Å². The Bertz CT molecular complexity index is 987. The maximum absolute atomic E-state index is 12.6. The van der Waals surface area contributed by atoms with Crippen molar-refractivity contribution in [1.82, 2.24) is 4.40 Å². The van der Waals surface area contributed by atoms with Crippen molar-refractivity contribution in [1.29, 1.82) is 0 Å². The number of hydrogen-bond donors (Lipinski definition) is 2. The highest BCUT2D eigenvalue weighted by Crippen LogP contribution is 2.43. The van der Waals surface area contributed by atoms with Crippen LogP contribution in [0.2, 0.25) is 0 Å². The van der Waals surface area contributed by atoms with Gasteiger partial charge in [0.2, 0.25) is 0 Å². The standard InChI is InChI=1S/C20H22N2O4/c1-10-13(12-4-5-16(21)17(23)8-12)6-7-22-18(10)14(11-2-3-11)9-15(19(22)24)20(25)26/h6-7,9,11-12,16H,2-5,8,21H2,1H3,(H,25,26). The number of carboxylic acids is 1. The fourth-order valence-corrected chi connectivity index (χ4v) is 4.22. The molecule has 136 valence electrons. The normalized spacial score (nSPS) is 23.4. The van der Waals surface area contributed by atoms with Gasteiger partial charge in [-0.1, -0.05) is 0 Å². The van der Waals surface area contributed by atoms with Crippen LogP contribution in [0, 0.1) is 6.92 Å². The van der Waals surface area contributed by atoms with Crippen molar-refractivity contribution in [2.24, 2.45) is 5.73 Å². The first kappa shape index (κ1) is 17.0. The zero-order chi connectivity index (χ0) is 18.6. The molecule has 0 aromatic carbocycles. The summed E-state index contributed by atoms with van der Waals surface area (Å²) in [5.41, 5.74) is 8.91. The molecule has 2 aromatic heterocycles. The summed E-state index contributed by atoms with van der Waals surface area (Å²) in [6.45, 7) is 1.97. The number of nitrogens with two attached hydrogens (primary N) is 1. The lowest BCUT2D eigenvalue weighted by atomic mass is 9.79. The summed E-state index contributed by atoms with van der Waals surface area (Å²) in [6.07, 6.45) is 5.63. The summed E-state index contributed by atoms with van der Waals surface area (Å²) in [7, 11) is 0. The zero-order valence-electron chi connectivity index (χ0n) is 14.7. The van der Waals surface area contributed by atoms with Crippen molar-refractivity contribution >= 4 is 17.3 Å². The van der Waals surface area contributed by atoms with Gasteiger partial charge in [0.15, 0.2) is 0 Å². The van der Waals surface area contributed by atoms with Crippen LogP contribution in [0.25, 0.3) is 5.52 Å². The number of carbonyl (C=O) groups excluding carboxylic acids is 1. The van der Waals surface area contributed by atoms with E-state index in [1.54, 1.807) is 12.3 Å². The molecule has 2 saturated carbocycles. The fourth-order valence-electron chi connectivity index (χ4n) is 4.22. The molecule has 4 rings (SSSR count). The van der Waals surface area contributed by atoms with Crippen LogP contribution in [0.3, 0.4) is 0 Å². The summed E-state index contributed by atoms with van der Waals surface area (Å²) in [5.74, 6) is -0.700. The third-order valence-electron chi connectivity index (χ3n) is 5.83. The molecular formula is C20H22N2O4. The van der Waals surface area contributed by atoms with Gasteiger partial charge in [-0.05, 0) is 73.3 Å². The predicted molar refractivity (Wildman–Crippen MR) is 96.9 cm³/mol. The Morgan fingerprint density at radius 2 is 1.85 bits per heavy atom. The van der Waals surface area contributed by atoms with Gasteiger partial charge < -0.3 is 10.8 Å². The van der Waals surface area contributed by atoms with Crippen LogP contribution in [0.5, 0.6) is 0 Å². The number of aryl methyl sites for hydroxylation is 1. The van der Waals surface area contributed by atoms with Crippen LogP contribution in [-0.2, 0) is 4.79 Å². The predicted octanol–water partition coefficient (Wildman–Crippen LogP) is 2.35. The van der Waals surface area contributed by atoms with E-state index in [2.05, 4.69) is 0 Å². The third-order valence-corrected chi connectivity index (χ3v) is 5.83. The van der Waals surface area contributed by atoms with E-state index in [9.17, 15) is 19.5 Å². The van der Waals surface area contributed by atoms with Crippen molar-refractivity contribution in [3.63, 3.8) is 0 Å². The summed E-state index contributed by atoms with van der Waals surface area (Å²) < 4.78 is 1.46. The fraction of sp³-hybridized carbons (Fsp3) is 0.450. The minimum Gasteiger partial charge on any atom is -0.477 e. The Balaban J connectivity index is 1.91. The van der Waals surface area contributed by atoms with Gasteiger partial charge in [0.25, 0.3) is 5.56 Å². The van der Waals surface area contributed by atoms with Crippen molar-refractivity contribution < 1.29 is 14.7 Å². The van der Waals surface area contributed by atoms with Gasteiger partial charge in [-0.2, -0.15) is 0 Å². The van der Waals surface area contributed by atoms with Gasteiger partial charge in [-0.25, -0.2) is 4.79 Å². The lowest BCUT2D eigenvalue weighted by Gasteiger charge is -2.27. The second-order valence-electron chi connectivity index (χ2n) is 7.56. The van der Waals surface area contributed by atoms with Crippen LogP contribution >= 0.6 is 0 Å². The van der Waals surface area contributed by atoms with Gasteiger partial charge in [0.05, 0.1) is 11.6 Å². The maximum Gasteiger partial charge on any atom is 0.341 e. The Hall–Kier alpha value is -2.47. The summed E-state index contributed by atoms with van der Waals surface area (Å²) in [5, 5.41) is 9.37. The van der Waals surface area contributed by atoms with Gasteiger partial charge >= 0.3 is 5.97 Å². The molecular weight excluding hydrogens is 332 g/mol. The molecule has 0 saturated heterocycles. The van der Waals surface area contributed by atoms with Crippen LogP contribution in [0.1, 0.15) is 71.0 Å². The van der Waals surface area contributed by atoms with Crippen LogP contribution in [0.4, 0.5) is 0 Å². The minimum absolute atomic E-state index is 0.0848. The SMILES string of the molecule is Cc1c(C2CCC(N)C(=O)C2)ccn2c(=O)c(C(=O)O)cc(C3CC3)c12. The number of aromatic carboxylic acids is 1. The zero-order valence-corrected chi connectivity index (χ0v) is 14.7. The van der Waals surface area contributed by atoms with E-state index in [0.717, 1.165) is 41.5 Å². The van der Waals surface area contributed by atoms with Crippen LogP contribution in [0.15, 0.2) is 23.1 Å². The van der Waals surface area contributed by atoms with E-state index in [1.807, 2.05) is 13.0 Å². The average Bonchev–Trinajstić information content (AvgIpc) is 3.43. The van der Waals surface area contributed by atoms with E-state index in [1.165, 1.54) is 4.40 Å². The van der Waals surface area contributed by atoms with Crippen molar-refractivity contribution in [3.05, 3.63) is 50.9 Å². The van der Waals surface area contributed by atoms with E-state index in [0.29, 0.717) is 18.8 Å². The Kier molecular flexibility index (Phi) is 3.95. The Morgan fingerprint density at radius 3 is 2.46 bits per heavy atom. The number of carbonyl (C=O) groups is 2. The summed E-state index contributed by atoms with van der Waals surface area (Å²) in [4.78, 5) is 36.1. The van der Waals surface area contributed by atoms with Crippen LogP contribution in [-0.4, -0.2) is 27.3 Å². The first-order valence-electron chi connectivity index (χ1n) is 9.08. The summed E-state index contributed by atoms with van der Waals surface area (Å²) >= 11 is 0. The van der Waals surface area contributed by atoms with Gasteiger partial charge in [0, 0.05) is 12.6 Å². The largest absolute Gasteiger partial charge is 0.477 e. The highest BCUT2D eigenvalue weighted by molar-refractivity contribution is 5.89. The lowest BCUT2D eigenvalue weighted by Crippen LogP contribution is -2.36. The Morgan fingerprint density at radius 1 is 1.15 bits per heavy atom. The molecule has 2 fully saturated rings. The molecule has 0 radical (unpaired) electrons. The average molecular weight is 354 g/mol. The molecule has 2 aliphatic carbocycles. The van der Waals surface area contributed by atoms with Gasteiger partial charge in [-0.15, -0.1) is 0 Å². The maximum atomic E-state index is 12.6. The molecule has 0 spiro atoms.